The van der Waals surface area contributed by atoms with E-state index in [0.717, 1.165) is 6.42 Å². The summed E-state index contributed by atoms with van der Waals surface area (Å²) in [5.41, 5.74) is 0.389. The number of aromatic amines is 1. The Balaban J connectivity index is 1.79. The fraction of sp³-hybridized carbons (Fsp3) is 0.400. The molecule has 0 unspecified atom stereocenters. The molecule has 0 aliphatic rings. The second-order valence-corrected chi connectivity index (χ2v) is 5.70. The summed E-state index contributed by atoms with van der Waals surface area (Å²) in [6, 6.07) is 9.01. The Morgan fingerprint density at radius 3 is 2.83 bits per heavy atom. The summed E-state index contributed by atoms with van der Waals surface area (Å²) in [5.74, 6) is 1.37. The lowest BCUT2D eigenvalue weighted by Crippen LogP contribution is -2.18. The van der Waals surface area contributed by atoms with Gasteiger partial charge in [-0.2, -0.15) is 5.26 Å². The summed E-state index contributed by atoms with van der Waals surface area (Å²) < 4.78 is 12.2. The van der Waals surface area contributed by atoms with Crippen LogP contribution in [0.2, 0.25) is 0 Å². The summed E-state index contributed by atoms with van der Waals surface area (Å²) >= 11 is 1.46. The van der Waals surface area contributed by atoms with Gasteiger partial charge in [0.15, 0.2) is 5.16 Å². The Morgan fingerprint density at radius 1 is 1.35 bits per heavy atom. The van der Waals surface area contributed by atoms with Gasteiger partial charge in [-0.05, 0) is 30.7 Å². The van der Waals surface area contributed by atoms with Crippen molar-refractivity contribution < 1.29 is 9.47 Å². The lowest BCUT2D eigenvalue weighted by atomic mass is 10.2. The molecule has 2 rings (SSSR count). The number of thioether (sulfide) groups is 1. The smallest absolute Gasteiger partial charge is 0.343 e. The van der Waals surface area contributed by atoms with E-state index in [1.165, 1.54) is 11.8 Å². The molecule has 0 radical (unpaired) electrons. The molecular formula is C15H18N4O3S. The van der Waals surface area contributed by atoms with Crippen LogP contribution in [-0.2, 0) is 11.3 Å². The van der Waals surface area contributed by atoms with Crippen molar-refractivity contribution in [2.45, 2.75) is 18.1 Å². The monoisotopic (exact) mass is 334 g/mol. The number of hydrogen-bond donors (Lipinski definition) is 1. The molecule has 0 amide bonds. The van der Waals surface area contributed by atoms with Crippen LogP contribution in [0.3, 0.4) is 0 Å². The number of nitrogens with zero attached hydrogens (tertiary/aromatic N) is 3. The molecule has 0 saturated heterocycles. The fourth-order valence-electron chi connectivity index (χ4n) is 1.90. The Bertz CT molecular complexity index is 703. The zero-order valence-electron chi connectivity index (χ0n) is 12.8. The SMILES string of the molecule is COCCCn1c(SCCOc2ccc(C#N)cc2)n[nH]c1=O. The van der Waals surface area contributed by atoms with E-state index >= 15 is 0 Å². The van der Waals surface area contributed by atoms with Gasteiger partial charge in [-0.3, -0.25) is 4.57 Å². The highest BCUT2D eigenvalue weighted by atomic mass is 32.2. The van der Waals surface area contributed by atoms with Crippen molar-refractivity contribution in [2.75, 3.05) is 26.1 Å². The van der Waals surface area contributed by atoms with Crippen LogP contribution in [0.15, 0.2) is 34.2 Å². The van der Waals surface area contributed by atoms with E-state index in [1.807, 2.05) is 0 Å². The van der Waals surface area contributed by atoms with Crippen molar-refractivity contribution in [1.82, 2.24) is 14.8 Å². The van der Waals surface area contributed by atoms with Crippen LogP contribution in [0.5, 0.6) is 5.75 Å². The third kappa shape index (κ3) is 5.16. The number of H-pyrrole nitrogens is 1. The summed E-state index contributed by atoms with van der Waals surface area (Å²) in [6.45, 7) is 1.65. The zero-order chi connectivity index (χ0) is 16.5. The Hall–Kier alpha value is -2.24. The van der Waals surface area contributed by atoms with E-state index in [-0.39, 0.29) is 5.69 Å². The molecule has 8 heteroatoms. The second kappa shape index (κ2) is 9.02. The summed E-state index contributed by atoms with van der Waals surface area (Å²) in [4.78, 5) is 11.7. The van der Waals surface area contributed by atoms with Gasteiger partial charge in [-0.1, -0.05) is 11.8 Å². The third-order valence-corrected chi connectivity index (χ3v) is 3.96. The molecular weight excluding hydrogens is 316 g/mol. The molecule has 1 aromatic carbocycles. The normalized spacial score (nSPS) is 10.4. The van der Waals surface area contributed by atoms with Crippen LogP contribution in [-0.4, -0.2) is 40.8 Å². The van der Waals surface area contributed by atoms with Crippen LogP contribution in [0.1, 0.15) is 12.0 Å². The van der Waals surface area contributed by atoms with Crippen LogP contribution in [0, 0.1) is 11.3 Å². The van der Waals surface area contributed by atoms with Crippen molar-refractivity contribution in [3.05, 3.63) is 40.3 Å². The number of rotatable bonds is 9. The van der Waals surface area contributed by atoms with Crippen molar-refractivity contribution in [2.24, 2.45) is 0 Å². The standard InChI is InChI=1S/C15H18N4O3S/c1-21-8-2-7-19-14(20)17-18-15(19)23-10-9-22-13-5-3-12(11-16)4-6-13/h3-6H,2,7-10H2,1H3,(H,17,20). The van der Waals surface area contributed by atoms with E-state index in [0.29, 0.717) is 42.0 Å². The Kier molecular flexibility index (Phi) is 6.72. The largest absolute Gasteiger partial charge is 0.493 e. The van der Waals surface area contributed by atoms with Gasteiger partial charge in [-0.15, -0.1) is 5.10 Å². The number of benzene rings is 1. The lowest BCUT2D eigenvalue weighted by molar-refractivity contribution is 0.189. The predicted octanol–water partition coefficient (Wildman–Crippen LogP) is 1.65. The first-order chi connectivity index (χ1) is 11.2. The molecule has 2 aromatic rings. The maximum Gasteiger partial charge on any atom is 0.343 e. The summed E-state index contributed by atoms with van der Waals surface area (Å²) in [7, 11) is 1.63. The van der Waals surface area contributed by atoms with Gasteiger partial charge >= 0.3 is 5.69 Å². The number of hydrogen-bond acceptors (Lipinski definition) is 6. The first kappa shape index (κ1) is 17.1. The molecule has 7 nitrogen and oxygen atoms in total. The molecule has 0 bridgehead atoms. The first-order valence-corrected chi connectivity index (χ1v) is 8.13. The van der Waals surface area contributed by atoms with Crippen molar-refractivity contribution in [3.63, 3.8) is 0 Å². The van der Waals surface area contributed by atoms with E-state index in [1.54, 1.807) is 35.9 Å². The van der Waals surface area contributed by atoms with Gasteiger partial charge in [0, 0.05) is 26.0 Å². The highest BCUT2D eigenvalue weighted by molar-refractivity contribution is 7.99. The minimum absolute atomic E-state index is 0.211. The van der Waals surface area contributed by atoms with Crippen LogP contribution < -0.4 is 10.4 Å². The molecule has 1 N–H and O–H groups in total. The number of methoxy groups -OCH3 is 1. The minimum atomic E-state index is -0.211. The van der Waals surface area contributed by atoms with Gasteiger partial charge in [-0.25, -0.2) is 9.89 Å². The molecule has 0 saturated carbocycles. The molecule has 0 atom stereocenters. The van der Waals surface area contributed by atoms with E-state index < -0.39 is 0 Å². The van der Waals surface area contributed by atoms with Crippen molar-refractivity contribution >= 4 is 11.8 Å². The predicted molar refractivity (Wildman–Crippen MR) is 86.7 cm³/mol. The van der Waals surface area contributed by atoms with Crippen molar-refractivity contribution in [1.29, 1.82) is 5.26 Å². The van der Waals surface area contributed by atoms with Crippen LogP contribution in [0.4, 0.5) is 0 Å². The molecule has 0 aliphatic carbocycles. The van der Waals surface area contributed by atoms with Gasteiger partial charge in [0.2, 0.25) is 0 Å². The van der Waals surface area contributed by atoms with Gasteiger partial charge in [0.1, 0.15) is 5.75 Å². The zero-order valence-corrected chi connectivity index (χ0v) is 13.6. The average Bonchev–Trinajstić information content (AvgIpc) is 2.93. The average molecular weight is 334 g/mol. The van der Waals surface area contributed by atoms with Crippen molar-refractivity contribution in [3.8, 4) is 11.8 Å². The first-order valence-electron chi connectivity index (χ1n) is 7.14. The van der Waals surface area contributed by atoms with Crippen LogP contribution >= 0.6 is 11.8 Å². The number of nitrogens with one attached hydrogen (secondary N) is 1. The van der Waals surface area contributed by atoms with E-state index in [4.69, 9.17) is 14.7 Å². The minimum Gasteiger partial charge on any atom is -0.493 e. The molecule has 1 aromatic heterocycles. The topological polar surface area (TPSA) is 92.9 Å². The number of nitriles is 1. The van der Waals surface area contributed by atoms with Gasteiger partial charge in [0.25, 0.3) is 0 Å². The van der Waals surface area contributed by atoms with Crippen LogP contribution in [0.25, 0.3) is 0 Å². The second-order valence-electron chi connectivity index (χ2n) is 4.64. The highest BCUT2D eigenvalue weighted by Crippen LogP contribution is 2.15. The lowest BCUT2D eigenvalue weighted by Gasteiger charge is -2.07. The molecule has 1 heterocycles. The Morgan fingerprint density at radius 2 is 2.13 bits per heavy atom. The Labute approximate surface area is 138 Å². The third-order valence-electron chi connectivity index (χ3n) is 3.02. The highest BCUT2D eigenvalue weighted by Gasteiger charge is 2.08. The molecule has 0 aliphatic heterocycles. The summed E-state index contributed by atoms with van der Waals surface area (Å²) in [5, 5.41) is 15.9. The summed E-state index contributed by atoms with van der Waals surface area (Å²) in [6.07, 6.45) is 0.755. The van der Waals surface area contributed by atoms with E-state index in [9.17, 15) is 4.79 Å². The quantitative estimate of drug-likeness (QED) is 0.554. The molecule has 23 heavy (non-hydrogen) atoms. The van der Waals surface area contributed by atoms with Gasteiger partial charge in [0.05, 0.1) is 18.2 Å². The maximum atomic E-state index is 11.7. The van der Waals surface area contributed by atoms with E-state index in [2.05, 4.69) is 16.3 Å². The molecule has 0 fully saturated rings. The van der Waals surface area contributed by atoms with Gasteiger partial charge < -0.3 is 9.47 Å². The maximum absolute atomic E-state index is 11.7. The fourth-order valence-corrected chi connectivity index (χ4v) is 2.69. The number of aromatic nitrogens is 3. The molecule has 122 valence electrons. The molecule has 0 spiro atoms. The number of ether oxygens (including phenoxy) is 2.